The fraction of sp³-hybridized carbons (Fsp3) is 0.600. The van der Waals surface area contributed by atoms with Gasteiger partial charge in [-0.3, -0.25) is 14.4 Å². The minimum Gasteiger partial charge on any atom is -0.465 e. The molecule has 2 aliphatic heterocycles. The fourth-order valence-corrected chi connectivity index (χ4v) is 3.84. The van der Waals surface area contributed by atoms with Gasteiger partial charge >= 0.3 is 0 Å². The molecule has 2 aromatic heterocycles. The van der Waals surface area contributed by atoms with Crippen molar-refractivity contribution in [3.05, 3.63) is 41.1 Å². The van der Waals surface area contributed by atoms with Crippen molar-refractivity contribution in [3.8, 4) is 0 Å². The van der Waals surface area contributed by atoms with Gasteiger partial charge < -0.3 is 14.2 Å². The summed E-state index contributed by atoms with van der Waals surface area (Å²) in [6.45, 7) is 8.91. The molecule has 0 aromatic carbocycles. The van der Waals surface area contributed by atoms with Crippen LogP contribution in [0, 0.1) is 0 Å². The summed E-state index contributed by atoms with van der Waals surface area (Å²) < 4.78 is 7.91. The summed E-state index contributed by atoms with van der Waals surface area (Å²) in [7, 11) is 2.09. The summed E-state index contributed by atoms with van der Waals surface area (Å²) in [5.74, 6) is 2.14. The first-order chi connectivity index (χ1) is 13.1. The van der Waals surface area contributed by atoms with E-state index in [-0.39, 0.29) is 5.91 Å². The third kappa shape index (κ3) is 4.09. The molecule has 0 aliphatic carbocycles. The Balaban J connectivity index is 1.39. The number of furan rings is 1. The van der Waals surface area contributed by atoms with Gasteiger partial charge in [-0.05, 0) is 31.7 Å². The van der Waals surface area contributed by atoms with Crippen LogP contribution in [0.1, 0.15) is 41.0 Å². The van der Waals surface area contributed by atoms with Crippen LogP contribution < -0.4 is 0 Å². The fourth-order valence-electron chi connectivity index (χ4n) is 3.84. The van der Waals surface area contributed by atoms with Gasteiger partial charge in [-0.1, -0.05) is 6.92 Å². The van der Waals surface area contributed by atoms with E-state index < -0.39 is 0 Å². The van der Waals surface area contributed by atoms with E-state index in [1.54, 1.807) is 0 Å². The molecule has 1 amide bonds. The normalized spacial score (nSPS) is 18.7. The Kier molecular flexibility index (Phi) is 5.31. The van der Waals surface area contributed by atoms with E-state index in [1.807, 2.05) is 15.6 Å². The van der Waals surface area contributed by atoms with Crippen molar-refractivity contribution in [1.29, 1.82) is 0 Å². The maximum absolute atomic E-state index is 12.8. The molecule has 1 fully saturated rings. The molecule has 4 rings (SSSR count). The molecule has 0 atom stereocenters. The lowest BCUT2D eigenvalue weighted by Crippen LogP contribution is -2.47. The topological polar surface area (TPSA) is 57.8 Å². The van der Waals surface area contributed by atoms with Gasteiger partial charge in [0.05, 0.1) is 18.8 Å². The van der Waals surface area contributed by atoms with Gasteiger partial charge in [-0.2, -0.15) is 5.10 Å². The minimum atomic E-state index is 0.0618. The average Bonchev–Trinajstić information content (AvgIpc) is 3.28. The van der Waals surface area contributed by atoms with E-state index in [0.29, 0.717) is 5.69 Å². The molecule has 27 heavy (non-hydrogen) atoms. The molecule has 146 valence electrons. The van der Waals surface area contributed by atoms with E-state index in [4.69, 9.17) is 4.42 Å². The Morgan fingerprint density at radius 1 is 1.11 bits per heavy atom. The van der Waals surface area contributed by atoms with Crippen LogP contribution in [0.2, 0.25) is 0 Å². The highest BCUT2D eigenvalue weighted by atomic mass is 16.3. The zero-order valence-electron chi connectivity index (χ0n) is 16.4. The number of carbonyl (C=O) groups is 1. The lowest BCUT2D eigenvalue weighted by molar-refractivity contribution is 0.0657. The van der Waals surface area contributed by atoms with Crippen LogP contribution in [-0.2, 0) is 26.1 Å². The molecule has 0 N–H and O–H groups in total. The Hall–Kier alpha value is -2.12. The van der Waals surface area contributed by atoms with Crippen LogP contribution in [0.4, 0.5) is 0 Å². The Morgan fingerprint density at radius 2 is 1.89 bits per heavy atom. The van der Waals surface area contributed by atoms with Crippen LogP contribution >= 0.6 is 0 Å². The van der Waals surface area contributed by atoms with Gasteiger partial charge in [0.15, 0.2) is 5.69 Å². The maximum atomic E-state index is 12.8. The van der Waals surface area contributed by atoms with Gasteiger partial charge in [0.1, 0.15) is 11.5 Å². The third-order valence-corrected chi connectivity index (χ3v) is 5.48. The second-order valence-electron chi connectivity index (χ2n) is 7.67. The molecule has 7 nitrogen and oxygen atoms in total. The number of fused-ring (bicyclic) bond motifs is 1. The van der Waals surface area contributed by atoms with E-state index in [0.717, 1.165) is 82.4 Å². The van der Waals surface area contributed by atoms with Gasteiger partial charge in [-0.25, -0.2) is 0 Å². The van der Waals surface area contributed by atoms with Crippen LogP contribution in [0.5, 0.6) is 0 Å². The molecule has 0 radical (unpaired) electrons. The van der Waals surface area contributed by atoms with Crippen molar-refractivity contribution >= 4 is 5.91 Å². The summed E-state index contributed by atoms with van der Waals surface area (Å²) >= 11 is 0. The number of aryl methyl sites for hydroxylation is 1. The molecule has 2 aromatic rings. The van der Waals surface area contributed by atoms with Crippen molar-refractivity contribution in [2.45, 2.75) is 39.4 Å². The third-order valence-electron chi connectivity index (χ3n) is 5.48. The van der Waals surface area contributed by atoms with Gasteiger partial charge in [0.2, 0.25) is 0 Å². The summed E-state index contributed by atoms with van der Waals surface area (Å²) in [6, 6.07) is 6.14. The van der Waals surface area contributed by atoms with Gasteiger partial charge in [-0.15, -0.1) is 0 Å². The van der Waals surface area contributed by atoms with Crippen molar-refractivity contribution < 1.29 is 9.21 Å². The van der Waals surface area contributed by atoms with Crippen molar-refractivity contribution in [2.75, 3.05) is 39.8 Å². The number of carbonyl (C=O) groups excluding carboxylic acids is 1. The minimum absolute atomic E-state index is 0.0618. The number of piperazine rings is 1. The molecular formula is C20H29N5O2. The second kappa shape index (κ2) is 7.86. The molecule has 7 heteroatoms. The zero-order valence-corrected chi connectivity index (χ0v) is 16.4. The van der Waals surface area contributed by atoms with E-state index in [9.17, 15) is 4.79 Å². The van der Waals surface area contributed by atoms with E-state index in [2.05, 4.69) is 41.0 Å². The highest BCUT2D eigenvalue weighted by Gasteiger charge is 2.26. The molecule has 0 unspecified atom stereocenters. The van der Waals surface area contributed by atoms with Crippen LogP contribution in [0.3, 0.4) is 0 Å². The number of rotatable bonds is 5. The molecule has 0 spiro atoms. The number of amides is 1. The van der Waals surface area contributed by atoms with Crippen LogP contribution in [0.15, 0.2) is 22.6 Å². The Bertz CT molecular complexity index is 788. The summed E-state index contributed by atoms with van der Waals surface area (Å²) in [6.07, 6.45) is 2.09. The predicted octanol–water partition coefficient (Wildman–Crippen LogP) is 1.83. The monoisotopic (exact) mass is 371 g/mol. The predicted molar refractivity (Wildman–Crippen MR) is 102 cm³/mol. The smallest absolute Gasteiger partial charge is 0.274 e. The van der Waals surface area contributed by atoms with Gasteiger partial charge in [0, 0.05) is 45.7 Å². The maximum Gasteiger partial charge on any atom is 0.274 e. The zero-order chi connectivity index (χ0) is 18.8. The highest BCUT2D eigenvalue weighted by Crippen LogP contribution is 2.19. The summed E-state index contributed by atoms with van der Waals surface area (Å²) in [4.78, 5) is 19.3. The Labute approximate surface area is 160 Å². The first-order valence-electron chi connectivity index (χ1n) is 9.97. The van der Waals surface area contributed by atoms with E-state index >= 15 is 0 Å². The molecule has 2 aliphatic rings. The lowest BCUT2D eigenvalue weighted by Gasteiger charge is -2.31. The number of hydrogen-bond donors (Lipinski definition) is 0. The largest absolute Gasteiger partial charge is 0.465 e. The standard InChI is InChI=1S/C20H29N5O2/c1-3-4-17-5-6-18(27-17)15-23-9-12-25-16(14-23)13-19(21-25)20(26)24-10-7-22(2)8-11-24/h5-6,13H,3-4,7-12,14-15H2,1-2H3. The number of nitrogens with zero attached hydrogens (tertiary/aromatic N) is 5. The average molecular weight is 371 g/mol. The van der Waals surface area contributed by atoms with Gasteiger partial charge in [0.25, 0.3) is 5.91 Å². The van der Waals surface area contributed by atoms with Crippen LogP contribution in [0.25, 0.3) is 0 Å². The number of hydrogen-bond acceptors (Lipinski definition) is 5. The molecular weight excluding hydrogens is 342 g/mol. The van der Waals surface area contributed by atoms with Crippen molar-refractivity contribution in [2.24, 2.45) is 0 Å². The first kappa shape index (κ1) is 18.3. The molecule has 4 heterocycles. The number of likely N-dealkylation sites (N-methyl/N-ethyl adjacent to an activating group) is 1. The SMILES string of the molecule is CCCc1ccc(CN2CCn3nc(C(=O)N4CCN(C)CC4)cc3C2)o1. The second-order valence-corrected chi connectivity index (χ2v) is 7.67. The molecule has 1 saturated heterocycles. The highest BCUT2D eigenvalue weighted by molar-refractivity contribution is 5.92. The first-order valence-corrected chi connectivity index (χ1v) is 9.97. The quantitative estimate of drug-likeness (QED) is 0.803. The summed E-state index contributed by atoms with van der Waals surface area (Å²) in [5, 5.41) is 4.58. The lowest BCUT2D eigenvalue weighted by atomic mass is 10.2. The molecule has 0 bridgehead atoms. The molecule has 0 saturated carbocycles. The van der Waals surface area contributed by atoms with Crippen LogP contribution in [-0.4, -0.2) is 70.2 Å². The van der Waals surface area contributed by atoms with Crippen molar-refractivity contribution in [3.63, 3.8) is 0 Å². The van der Waals surface area contributed by atoms with E-state index in [1.165, 1.54) is 0 Å². The summed E-state index contributed by atoms with van der Waals surface area (Å²) in [5.41, 5.74) is 1.69. The number of aromatic nitrogens is 2. The Morgan fingerprint density at radius 3 is 2.67 bits per heavy atom. The van der Waals surface area contributed by atoms with Crippen molar-refractivity contribution in [1.82, 2.24) is 24.5 Å².